The van der Waals surface area contributed by atoms with E-state index in [1.165, 1.54) is 11.6 Å². The normalized spacial score (nSPS) is 17.5. The lowest BCUT2D eigenvalue weighted by Crippen LogP contribution is -2.47. The Hall–Kier alpha value is -2.72. The number of rotatable bonds is 6. The highest BCUT2D eigenvalue weighted by Gasteiger charge is 2.32. The van der Waals surface area contributed by atoms with Crippen LogP contribution in [-0.4, -0.2) is 50.4 Å². The SMILES string of the molecule is FC(F)(F)c1ccc(N2CCN(Cn3nc(C4CC4)n(Cc4ccccc4)c3=S)CC2)nc1. The first-order valence-corrected chi connectivity index (χ1v) is 11.5. The van der Waals surface area contributed by atoms with Crippen LogP contribution in [0.1, 0.15) is 35.7 Å². The lowest BCUT2D eigenvalue weighted by molar-refractivity contribution is -0.137. The molecule has 5 rings (SSSR count). The van der Waals surface area contributed by atoms with Gasteiger partial charge in [-0.2, -0.15) is 18.3 Å². The monoisotopic (exact) mass is 474 g/mol. The molecule has 2 aliphatic rings. The van der Waals surface area contributed by atoms with Gasteiger partial charge in [0.05, 0.1) is 18.8 Å². The number of hydrogen-bond donors (Lipinski definition) is 0. The summed E-state index contributed by atoms with van der Waals surface area (Å²) in [5.41, 5.74) is 0.476. The first-order chi connectivity index (χ1) is 15.9. The van der Waals surface area contributed by atoms with Crippen LogP contribution in [0.3, 0.4) is 0 Å². The third-order valence-corrected chi connectivity index (χ3v) is 6.61. The number of nitrogens with zero attached hydrogens (tertiary/aromatic N) is 6. The Kier molecular flexibility index (Phi) is 5.96. The summed E-state index contributed by atoms with van der Waals surface area (Å²) in [5.74, 6) is 2.12. The van der Waals surface area contributed by atoms with Gasteiger partial charge in [0, 0.05) is 38.3 Å². The summed E-state index contributed by atoms with van der Waals surface area (Å²) in [5, 5.41) is 4.87. The third kappa shape index (κ3) is 4.96. The number of pyridine rings is 1. The fraction of sp³-hybridized carbons (Fsp3) is 0.435. The lowest BCUT2D eigenvalue weighted by atomic mass is 10.2. The van der Waals surface area contributed by atoms with Gasteiger partial charge >= 0.3 is 6.18 Å². The first-order valence-electron chi connectivity index (χ1n) is 11.1. The number of aromatic nitrogens is 4. The highest BCUT2D eigenvalue weighted by Crippen LogP contribution is 2.39. The van der Waals surface area contributed by atoms with Crippen LogP contribution in [0.25, 0.3) is 0 Å². The Bertz CT molecular complexity index is 1140. The van der Waals surface area contributed by atoms with Crippen LogP contribution in [0.15, 0.2) is 48.7 Å². The predicted molar refractivity (Wildman–Crippen MR) is 122 cm³/mol. The molecule has 1 saturated heterocycles. The second kappa shape index (κ2) is 8.90. The fourth-order valence-electron chi connectivity index (χ4n) is 4.16. The number of anilines is 1. The summed E-state index contributed by atoms with van der Waals surface area (Å²) in [7, 11) is 0. The van der Waals surface area contributed by atoms with Gasteiger partial charge in [-0.3, -0.25) is 9.47 Å². The van der Waals surface area contributed by atoms with E-state index in [-0.39, 0.29) is 0 Å². The van der Waals surface area contributed by atoms with Gasteiger partial charge in [0.1, 0.15) is 11.6 Å². The third-order valence-electron chi connectivity index (χ3n) is 6.18. The summed E-state index contributed by atoms with van der Waals surface area (Å²) < 4.78 is 43.1. The molecule has 1 aliphatic heterocycles. The average Bonchev–Trinajstić information content (AvgIpc) is 3.62. The Morgan fingerprint density at radius 2 is 1.70 bits per heavy atom. The Morgan fingerprint density at radius 1 is 0.970 bits per heavy atom. The molecular weight excluding hydrogens is 449 g/mol. The Morgan fingerprint density at radius 3 is 2.30 bits per heavy atom. The highest BCUT2D eigenvalue weighted by atomic mass is 32.1. The number of alkyl halides is 3. The maximum absolute atomic E-state index is 12.8. The minimum atomic E-state index is -4.37. The smallest absolute Gasteiger partial charge is 0.354 e. The zero-order valence-electron chi connectivity index (χ0n) is 18.1. The topological polar surface area (TPSA) is 42.1 Å². The van der Waals surface area contributed by atoms with E-state index in [9.17, 15) is 13.2 Å². The minimum absolute atomic E-state index is 0.485. The molecule has 2 fully saturated rings. The summed E-state index contributed by atoms with van der Waals surface area (Å²) in [4.78, 5) is 8.31. The zero-order chi connectivity index (χ0) is 23.0. The molecule has 0 unspecified atom stereocenters. The number of benzene rings is 1. The summed E-state index contributed by atoms with van der Waals surface area (Å²) in [6.45, 7) is 4.22. The summed E-state index contributed by atoms with van der Waals surface area (Å²) >= 11 is 5.79. The van der Waals surface area contributed by atoms with Gasteiger partial charge in [-0.15, -0.1) is 0 Å². The molecule has 0 bridgehead atoms. The van der Waals surface area contributed by atoms with Crippen molar-refractivity contribution < 1.29 is 13.2 Å². The molecule has 0 atom stereocenters. The number of hydrogen-bond acceptors (Lipinski definition) is 5. The summed E-state index contributed by atoms with van der Waals surface area (Å²) in [6.07, 6.45) is -1.16. The molecule has 2 aromatic heterocycles. The molecule has 33 heavy (non-hydrogen) atoms. The number of piperazine rings is 1. The molecule has 0 spiro atoms. The second-order valence-corrected chi connectivity index (χ2v) is 9.00. The molecule has 0 N–H and O–H groups in total. The van der Waals surface area contributed by atoms with Gasteiger partial charge in [0.2, 0.25) is 0 Å². The summed E-state index contributed by atoms with van der Waals surface area (Å²) in [6, 6.07) is 12.8. The van der Waals surface area contributed by atoms with Crippen LogP contribution in [-0.2, 0) is 19.4 Å². The maximum atomic E-state index is 12.8. The zero-order valence-corrected chi connectivity index (χ0v) is 18.9. The van der Waals surface area contributed by atoms with Gasteiger partial charge in [0.15, 0.2) is 4.77 Å². The Balaban J connectivity index is 1.24. The molecule has 10 heteroatoms. The van der Waals surface area contributed by atoms with Gasteiger partial charge in [-0.1, -0.05) is 30.3 Å². The van der Waals surface area contributed by atoms with E-state index in [1.54, 1.807) is 0 Å². The molecule has 3 heterocycles. The molecular formula is C23H25F3N6S. The fourth-order valence-corrected chi connectivity index (χ4v) is 4.41. The van der Waals surface area contributed by atoms with Crippen molar-refractivity contribution in [1.29, 1.82) is 0 Å². The van der Waals surface area contributed by atoms with Gasteiger partial charge < -0.3 is 4.90 Å². The van der Waals surface area contributed by atoms with Crippen molar-refractivity contribution in [2.45, 2.75) is 38.1 Å². The van der Waals surface area contributed by atoms with Crippen molar-refractivity contribution in [1.82, 2.24) is 24.2 Å². The maximum Gasteiger partial charge on any atom is 0.417 e. The van der Waals surface area contributed by atoms with Crippen molar-refractivity contribution in [3.63, 3.8) is 0 Å². The molecule has 1 aliphatic carbocycles. The first kappa shape index (κ1) is 22.1. The van der Waals surface area contributed by atoms with E-state index in [0.717, 1.165) is 55.3 Å². The van der Waals surface area contributed by atoms with Gasteiger partial charge in [0.25, 0.3) is 0 Å². The molecule has 174 valence electrons. The molecule has 0 amide bonds. The van der Waals surface area contributed by atoms with Crippen molar-refractivity contribution in [2.24, 2.45) is 0 Å². The van der Waals surface area contributed by atoms with E-state index in [4.69, 9.17) is 17.3 Å². The van der Waals surface area contributed by atoms with Crippen molar-refractivity contribution in [3.8, 4) is 0 Å². The Labute approximate surface area is 195 Å². The van der Waals surface area contributed by atoms with E-state index >= 15 is 0 Å². The largest absolute Gasteiger partial charge is 0.417 e. The standard InChI is InChI=1S/C23H25F3N6S/c24-23(25,26)19-8-9-20(27-14-19)30-12-10-29(11-13-30)16-32-22(33)31(21(28-32)18-6-7-18)15-17-4-2-1-3-5-17/h1-5,8-9,14,18H,6-7,10-13,15-16H2. The molecule has 6 nitrogen and oxygen atoms in total. The van der Waals surface area contributed by atoms with Crippen LogP contribution in [0.5, 0.6) is 0 Å². The van der Waals surface area contributed by atoms with Crippen LogP contribution in [0.2, 0.25) is 0 Å². The molecule has 0 radical (unpaired) electrons. The highest BCUT2D eigenvalue weighted by molar-refractivity contribution is 7.71. The van der Waals surface area contributed by atoms with Crippen molar-refractivity contribution in [2.75, 3.05) is 31.1 Å². The molecule has 1 aromatic carbocycles. The van der Waals surface area contributed by atoms with Crippen LogP contribution >= 0.6 is 12.2 Å². The van der Waals surface area contributed by atoms with Crippen LogP contribution in [0.4, 0.5) is 19.0 Å². The second-order valence-electron chi connectivity index (χ2n) is 8.64. The van der Waals surface area contributed by atoms with Crippen molar-refractivity contribution >= 4 is 18.0 Å². The van der Waals surface area contributed by atoms with Crippen molar-refractivity contribution in [3.05, 3.63) is 70.4 Å². The van der Waals surface area contributed by atoms with E-state index in [2.05, 4.69) is 26.6 Å². The quantitative estimate of drug-likeness (QED) is 0.491. The van der Waals surface area contributed by atoms with E-state index in [1.807, 2.05) is 27.8 Å². The predicted octanol–water partition coefficient (Wildman–Crippen LogP) is 4.53. The molecule has 3 aromatic rings. The van der Waals surface area contributed by atoms with Gasteiger partial charge in [-0.05, 0) is 42.8 Å². The number of halogens is 3. The van der Waals surface area contributed by atoms with E-state index in [0.29, 0.717) is 31.5 Å². The van der Waals surface area contributed by atoms with Crippen LogP contribution < -0.4 is 4.90 Å². The van der Waals surface area contributed by atoms with E-state index < -0.39 is 11.7 Å². The van der Waals surface area contributed by atoms with Crippen LogP contribution in [0, 0.1) is 4.77 Å². The average molecular weight is 475 g/mol. The van der Waals surface area contributed by atoms with Gasteiger partial charge in [-0.25, -0.2) is 9.67 Å². The molecule has 1 saturated carbocycles. The lowest BCUT2D eigenvalue weighted by Gasteiger charge is -2.35. The minimum Gasteiger partial charge on any atom is -0.354 e.